The summed E-state index contributed by atoms with van der Waals surface area (Å²) in [4.78, 5) is 35.1. The Balaban J connectivity index is 1.54. The van der Waals surface area contributed by atoms with Crippen molar-refractivity contribution in [2.75, 3.05) is 39.9 Å². The van der Waals surface area contributed by atoms with Crippen molar-refractivity contribution in [2.24, 2.45) is 22.9 Å². The number of likely N-dealkylation sites (tertiary alicyclic amines) is 1. The molecule has 1 aromatic carbocycles. The summed E-state index contributed by atoms with van der Waals surface area (Å²) >= 11 is 0. The second-order valence-electron chi connectivity index (χ2n) is 15.1. The molecule has 1 aromatic rings. The van der Waals surface area contributed by atoms with E-state index in [1.807, 2.05) is 25.7 Å². The van der Waals surface area contributed by atoms with Gasteiger partial charge >= 0.3 is 6.03 Å². The van der Waals surface area contributed by atoms with Gasteiger partial charge in [-0.15, -0.1) is 0 Å². The van der Waals surface area contributed by atoms with Gasteiger partial charge in [-0.1, -0.05) is 24.1 Å². The third-order valence-corrected chi connectivity index (χ3v) is 10.5. The number of hydrogen-bond donors (Lipinski definition) is 5. The van der Waals surface area contributed by atoms with E-state index in [1.165, 1.54) is 4.90 Å². The summed E-state index contributed by atoms with van der Waals surface area (Å²) in [6.45, 7) is 7.63. The van der Waals surface area contributed by atoms with Gasteiger partial charge in [0.2, 0.25) is 11.7 Å². The van der Waals surface area contributed by atoms with Gasteiger partial charge < -0.3 is 45.1 Å². The predicted octanol–water partition coefficient (Wildman–Crippen LogP) is 4.27. The van der Waals surface area contributed by atoms with E-state index >= 15 is 0 Å². The lowest BCUT2D eigenvalue weighted by atomic mass is 9.55. The Morgan fingerprint density at radius 3 is 2.55 bits per heavy atom. The van der Waals surface area contributed by atoms with Gasteiger partial charge in [0, 0.05) is 64.2 Å². The van der Waals surface area contributed by atoms with Gasteiger partial charge in [0.25, 0.3) is 0 Å². The van der Waals surface area contributed by atoms with Crippen LogP contribution >= 0.6 is 0 Å². The number of phenols is 1. The molecule has 12 nitrogen and oxygen atoms in total. The van der Waals surface area contributed by atoms with Crippen molar-refractivity contribution in [1.29, 1.82) is 0 Å². The average Bonchev–Trinajstić information content (AvgIpc) is 3.47. The van der Waals surface area contributed by atoms with Crippen LogP contribution in [0, 0.1) is 17.8 Å². The number of nitrogens with zero attached hydrogens (tertiary/aromatic N) is 3. The van der Waals surface area contributed by atoms with Crippen LogP contribution in [0.25, 0.3) is 0 Å². The van der Waals surface area contributed by atoms with Crippen molar-refractivity contribution in [3.63, 3.8) is 0 Å². The number of aromatic hydroxyl groups is 1. The number of urea groups is 1. The van der Waals surface area contributed by atoms with Gasteiger partial charge in [0.1, 0.15) is 23.1 Å². The van der Waals surface area contributed by atoms with E-state index in [0.717, 1.165) is 49.8 Å². The molecular formula is C37H56N4O8. The van der Waals surface area contributed by atoms with Gasteiger partial charge in [-0.2, -0.15) is 0 Å². The second-order valence-corrected chi connectivity index (χ2v) is 15.1. The maximum atomic E-state index is 13.7. The lowest BCUT2D eigenvalue weighted by molar-refractivity contribution is -0.226. The fraction of sp³-hybridized carbons (Fsp3) is 0.703. The summed E-state index contributed by atoms with van der Waals surface area (Å²) in [5, 5.41) is 50.5. The molecule has 49 heavy (non-hydrogen) atoms. The number of likely N-dealkylation sites (N-methyl/N-ethyl adjacent to an activating group) is 1. The van der Waals surface area contributed by atoms with E-state index in [-0.39, 0.29) is 55.1 Å². The van der Waals surface area contributed by atoms with Crippen LogP contribution in [-0.2, 0) is 9.63 Å². The van der Waals surface area contributed by atoms with E-state index < -0.39 is 23.3 Å². The standard InChI is InChI=1S/C37H56N4O8/c1-36(2,3)49-39-29-23-31(40(4)35(46)38-16-10-18-41-17-9-13-32(41)45)37(47)34-27(29)21-24(11-5-7-19-42)26(12-6-8-20-43)33(34)28-22-25(44)14-15-30(28)48-37/h14-15,21-22,24,26,31,33-34,42-44,47H,5-13,16-20,23H2,1-4H3,(H,38,46). The van der Waals surface area contributed by atoms with Crippen LogP contribution < -0.4 is 10.1 Å². The third-order valence-electron chi connectivity index (χ3n) is 10.5. The molecule has 1 saturated carbocycles. The lowest BCUT2D eigenvalue weighted by Gasteiger charge is -2.58. The molecule has 2 aliphatic carbocycles. The number of hydrogen-bond acceptors (Lipinski definition) is 9. The highest BCUT2D eigenvalue weighted by Gasteiger charge is 2.63. The molecule has 6 atom stereocenters. The molecule has 2 fully saturated rings. The highest BCUT2D eigenvalue weighted by atomic mass is 16.6. The third kappa shape index (κ3) is 8.18. The fourth-order valence-electron chi connectivity index (χ4n) is 8.23. The first kappa shape index (κ1) is 36.9. The van der Waals surface area contributed by atoms with Crippen molar-refractivity contribution in [3.05, 3.63) is 35.4 Å². The Morgan fingerprint density at radius 2 is 1.88 bits per heavy atom. The zero-order valence-electron chi connectivity index (χ0n) is 29.6. The van der Waals surface area contributed by atoms with E-state index in [4.69, 9.17) is 9.57 Å². The summed E-state index contributed by atoms with van der Waals surface area (Å²) in [6.07, 6.45) is 8.93. The molecule has 5 rings (SSSR count). The number of allylic oxidation sites excluding steroid dienone is 1. The van der Waals surface area contributed by atoms with Crippen molar-refractivity contribution >= 4 is 17.6 Å². The predicted molar refractivity (Wildman–Crippen MR) is 185 cm³/mol. The number of aliphatic hydroxyl groups excluding tert-OH is 2. The number of phenolic OH excluding ortho intramolecular Hbond substituents is 1. The number of ether oxygens (including phenoxy) is 1. The van der Waals surface area contributed by atoms with Gasteiger partial charge in [-0.05, 0) is 94.9 Å². The molecule has 12 heteroatoms. The van der Waals surface area contributed by atoms with E-state index in [9.17, 15) is 30.0 Å². The largest absolute Gasteiger partial charge is 0.508 e. The van der Waals surface area contributed by atoms with Gasteiger partial charge in [-0.3, -0.25) is 4.79 Å². The van der Waals surface area contributed by atoms with Crippen LogP contribution in [0.5, 0.6) is 11.5 Å². The van der Waals surface area contributed by atoms with Crippen LogP contribution in [0.15, 0.2) is 35.0 Å². The summed E-state index contributed by atoms with van der Waals surface area (Å²) in [5.41, 5.74) is 1.67. The normalized spacial score (nSPS) is 28.4. The molecular weight excluding hydrogens is 628 g/mol. The van der Waals surface area contributed by atoms with Gasteiger partial charge in [0.05, 0.1) is 11.6 Å². The summed E-state index contributed by atoms with van der Waals surface area (Å²) in [5.74, 6) is -1.96. The van der Waals surface area contributed by atoms with Crippen molar-refractivity contribution in [3.8, 4) is 11.5 Å². The SMILES string of the molecule is CN(C(=O)NCCCN1CCCC1=O)C1CC(=NOC(C)(C)C)C2=CC(CCCCO)C(CCCCO)C3c4cc(O)ccc4OC1(O)C23. The minimum atomic E-state index is -1.83. The van der Waals surface area contributed by atoms with Crippen LogP contribution in [0.2, 0.25) is 0 Å². The summed E-state index contributed by atoms with van der Waals surface area (Å²) < 4.78 is 6.57. The first-order valence-corrected chi connectivity index (χ1v) is 18.1. The minimum Gasteiger partial charge on any atom is -0.508 e. The Kier molecular flexibility index (Phi) is 11.8. The Hall–Kier alpha value is -3.35. The fourth-order valence-corrected chi connectivity index (χ4v) is 8.23. The molecule has 6 unspecified atom stereocenters. The van der Waals surface area contributed by atoms with E-state index in [1.54, 1.807) is 25.2 Å². The number of fused-ring (bicyclic) bond motifs is 2. The molecule has 0 aromatic heterocycles. The summed E-state index contributed by atoms with van der Waals surface area (Å²) in [6, 6.07) is 3.74. The first-order chi connectivity index (χ1) is 23.4. The molecule has 3 amide bonds. The molecule has 2 aliphatic heterocycles. The zero-order valence-corrected chi connectivity index (χ0v) is 29.6. The molecule has 0 spiro atoms. The number of rotatable bonds is 14. The molecule has 0 bridgehead atoms. The molecule has 0 radical (unpaired) electrons. The Labute approximate surface area is 290 Å². The Bertz CT molecular complexity index is 1390. The number of amides is 3. The topological polar surface area (TPSA) is 164 Å². The van der Waals surface area contributed by atoms with Crippen LogP contribution in [-0.4, -0.2) is 105 Å². The van der Waals surface area contributed by atoms with Crippen molar-refractivity contribution < 1.29 is 39.6 Å². The second kappa shape index (κ2) is 15.7. The van der Waals surface area contributed by atoms with Crippen LogP contribution in [0.3, 0.4) is 0 Å². The van der Waals surface area contributed by atoms with E-state index in [2.05, 4.69) is 16.5 Å². The number of unbranched alkanes of at least 4 members (excludes halogenated alkanes) is 2. The smallest absolute Gasteiger partial charge is 0.317 e. The highest BCUT2D eigenvalue weighted by Crippen LogP contribution is 2.60. The number of nitrogens with one attached hydrogen (secondary N) is 1. The average molecular weight is 685 g/mol. The van der Waals surface area contributed by atoms with Crippen LogP contribution in [0.4, 0.5) is 4.79 Å². The van der Waals surface area contributed by atoms with E-state index in [0.29, 0.717) is 50.2 Å². The molecule has 5 N–H and O–H groups in total. The maximum absolute atomic E-state index is 13.7. The molecule has 1 saturated heterocycles. The minimum absolute atomic E-state index is 0.0194. The van der Waals surface area contributed by atoms with Crippen molar-refractivity contribution in [1.82, 2.24) is 15.1 Å². The van der Waals surface area contributed by atoms with Crippen molar-refractivity contribution in [2.45, 2.75) is 108 Å². The maximum Gasteiger partial charge on any atom is 0.317 e. The van der Waals surface area contributed by atoms with Gasteiger partial charge in [0.15, 0.2) is 0 Å². The van der Waals surface area contributed by atoms with Crippen LogP contribution in [0.1, 0.15) is 96.5 Å². The molecule has 272 valence electrons. The monoisotopic (exact) mass is 684 g/mol. The number of carbonyl (C=O) groups excluding carboxylic acids is 2. The number of benzene rings is 1. The quantitative estimate of drug-likeness (QED) is 0.143. The first-order valence-electron chi connectivity index (χ1n) is 18.1. The number of carbonyl (C=O) groups is 2. The number of aliphatic hydroxyl groups is 3. The highest BCUT2D eigenvalue weighted by molar-refractivity contribution is 6.03. The number of oxime groups is 1. The molecule has 2 heterocycles. The molecule has 4 aliphatic rings. The summed E-state index contributed by atoms with van der Waals surface area (Å²) in [7, 11) is 1.66. The zero-order chi connectivity index (χ0) is 35.3. The van der Waals surface area contributed by atoms with Gasteiger partial charge in [-0.25, -0.2) is 4.79 Å². The Morgan fingerprint density at radius 1 is 1.14 bits per heavy atom. The lowest BCUT2D eigenvalue weighted by Crippen LogP contribution is -2.69.